The Labute approximate surface area is 279 Å². The van der Waals surface area contributed by atoms with Gasteiger partial charge in [-0.25, -0.2) is 9.59 Å². The van der Waals surface area contributed by atoms with E-state index in [9.17, 15) is 9.59 Å². The first-order chi connectivity index (χ1) is 20.1. The number of hydrogen-bond acceptors (Lipinski definition) is 7. The van der Waals surface area contributed by atoms with Gasteiger partial charge in [0.15, 0.2) is 22.2 Å². The van der Waals surface area contributed by atoms with Gasteiger partial charge in [-0.2, -0.15) is 0 Å². The molecule has 0 spiro atoms. The van der Waals surface area contributed by atoms with E-state index >= 15 is 0 Å². The number of fused-ring (bicyclic) bond motifs is 1. The molecule has 0 saturated carbocycles. The fourth-order valence-corrected chi connectivity index (χ4v) is 8.69. The Hall–Kier alpha value is -1.05. The number of hydrogen-bond donors (Lipinski definition) is 0. The summed E-state index contributed by atoms with van der Waals surface area (Å²) in [6.07, 6.45) is 2.77. The van der Waals surface area contributed by atoms with Gasteiger partial charge >= 0.3 is 11.9 Å². The van der Waals surface area contributed by atoms with Crippen LogP contribution in [0.1, 0.15) is 68.7 Å². The molecule has 2 aliphatic heterocycles. The third-order valence-electron chi connectivity index (χ3n) is 11.3. The molecular formula is C35H67NO6Si3. The highest BCUT2D eigenvalue weighted by Gasteiger charge is 2.52. The zero-order valence-electron chi connectivity index (χ0n) is 31.7. The zero-order valence-corrected chi connectivity index (χ0v) is 34.7. The van der Waals surface area contributed by atoms with Crippen molar-refractivity contribution in [1.29, 1.82) is 0 Å². The molecule has 0 aromatic carbocycles. The molecule has 10 heteroatoms. The van der Waals surface area contributed by atoms with Gasteiger partial charge in [-0.15, -0.1) is 0 Å². The molecule has 2 aliphatic rings. The van der Waals surface area contributed by atoms with Gasteiger partial charge in [0.1, 0.15) is 6.10 Å². The van der Waals surface area contributed by atoms with Crippen LogP contribution in [0.15, 0.2) is 23.8 Å². The van der Waals surface area contributed by atoms with Crippen LogP contribution < -0.4 is 0 Å². The smallest absolute Gasteiger partial charge is 0.337 e. The monoisotopic (exact) mass is 681 g/mol. The Bertz CT molecular complexity index is 1110. The molecule has 0 aliphatic carbocycles. The van der Waals surface area contributed by atoms with Gasteiger partial charge in [0.05, 0.1) is 19.3 Å². The maximum Gasteiger partial charge on any atom is 0.337 e. The highest BCUT2D eigenvalue weighted by Crippen LogP contribution is 2.44. The summed E-state index contributed by atoms with van der Waals surface area (Å²) < 4.78 is 25.6. The first kappa shape index (κ1) is 40.1. The van der Waals surface area contributed by atoms with Crippen molar-refractivity contribution >= 4 is 36.6 Å². The van der Waals surface area contributed by atoms with Crippen molar-refractivity contribution in [2.45, 2.75) is 148 Å². The minimum absolute atomic E-state index is 0.0350. The summed E-state index contributed by atoms with van der Waals surface area (Å²) in [6.45, 7) is 41.5. The number of ether oxygens (including phenoxy) is 2. The zero-order chi connectivity index (χ0) is 35.0. The quantitative estimate of drug-likeness (QED) is 0.0789. The average molecular weight is 682 g/mol. The maximum absolute atomic E-state index is 13.9. The third kappa shape index (κ3) is 9.75. The summed E-state index contributed by atoms with van der Waals surface area (Å²) in [4.78, 5) is 29.9. The Morgan fingerprint density at radius 3 is 2.02 bits per heavy atom. The second-order valence-electron chi connectivity index (χ2n) is 18.0. The Balaban J connectivity index is 2.21. The summed E-state index contributed by atoms with van der Waals surface area (Å²) in [5, 5.41) is 0.0163. The van der Waals surface area contributed by atoms with Gasteiger partial charge in [0.25, 0.3) is 0 Å². The van der Waals surface area contributed by atoms with Gasteiger partial charge in [-0.05, 0) is 67.1 Å². The summed E-state index contributed by atoms with van der Waals surface area (Å²) >= 11 is 0. The van der Waals surface area contributed by atoms with Gasteiger partial charge in [-0.3, -0.25) is 4.90 Å². The number of esters is 2. The molecule has 0 N–H and O–H groups in total. The molecule has 2 rings (SSSR count). The molecule has 7 nitrogen and oxygen atoms in total. The third-order valence-corrected chi connectivity index (χ3v) is 22.0. The first-order valence-corrected chi connectivity index (χ1v) is 26.5. The second-order valence-corrected chi connectivity index (χ2v) is 33.2. The Kier molecular flexibility index (Phi) is 12.7. The van der Waals surface area contributed by atoms with E-state index in [4.69, 9.17) is 18.3 Å². The fourth-order valence-electron chi connectivity index (χ4n) is 5.38. The van der Waals surface area contributed by atoms with Crippen molar-refractivity contribution in [3.63, 3.8) is 0 Å². The molecule has 1 fully saturated rings. The summed E-state index contributed by atoms with van der Waals surface area (Å²) in [5.74, 6) is -1.50. The van der Waals surface area contributed by atoms with Crippen molar-refractivity contribution in [1.82, 2.24) is 4.90 Å². The lowest BCUT2D eigenvalue weighted by atomic mass is 9.78. The number of carbonyl (C=O) groups is 2. The fraction of sp³-hybridized carbons (Fsp3) is 0.829. The van der Waals surface area contributed by atoms with Crippen molar-refractivity contribution in [3.05, 3.63) is 23.8 Å². The van der Waals surface area contributed by atoms with E-state index in [1.807, 2.05) is 20.8 Å². The van der Waals surface area contributed by atoms with E-state index in [2.05, 4.69) is 105 Å². The van der Waals surface area contributed by atoms with Crippen LogP contribution in [-0.2, 0) is 27.9 Å². The Morgan fingerprint density at radius 1 is 0.956 bits per heavy atom. The van der Waals surface area contributed by atoms with E-state index in [0.29, 0.717) is 18.8 Å². The standard InChI is InChI=1S/C35H67NO6Si3/c1-25(27(3)35(10,42-45(16,17)34(7,8)9)32(38)39-22-23-43(11,12)13)26(2)31(37)41-29-19-21-36-20-18-28(30(29)36)24-40-44(14,15)33(4,5)6/h18,25,27,29-30H,2,19-24H2,1,3-17H3/t25-,27+,29+,30+,35+/m0/s1. The van der Waals surface area contributed by atoms with Gasteiger partial charge in [0.2, 0.25) is 0 Å². The van der Waals surface area contributed by atoms with E-state index in [-0.39, 0.29) is 40.0 Å². The van der Waals surface area contributed by atoms with E-state index in [1.165, 1.54) is 5.57 Å². The topological polar surface area (TPSA) is 74.3 Å². The van der Waals surface area contributed by atoms with Crippen LogP contribution in [-0.4, -0.2) is 85.6 Å². The van der Waals surface area contributed by atoms with Crippen LogP contribution in [0, 0.1) is 11.8 Å². The lowest BCUT2D eigenvalue weighted by Gasteiger charge is -2.46. The van der Waals surface area contributed by atoms with Crippen LogP contribution >= 0.6 is 0 Å². The van der Waals surface area contributed by atoms with E-state index < -0.39 is 36.3 Å². The van der Waals surface area contributed by atoms with Gasteiger partial charge in [-0.1, -0.05) is 87.7 Å². The van der Waals surface area contributed by atoms with Gasteiger partial charge < -0.3 is 18.3 Å². The van der Waals surface area contributed by atoms with Crippen molar-refractivity contribution < 1.29 is 27.9 Å². The second kappa shape index (κ2) is 14.2. The molecule has 260 valence electrons. The molecule has 0 amide bonds. The SMILES string of the molecule is C=C(C(=O)O[C@@H]1CCN2CC=C(CO[Si](C)(C)C(C)(C)C)[C@H]12)[C@H](C)[C@@H](C)[C@@](C)(O[Si](C)(C)C(C)(C)C)C(=O)OCC[Si](C)(C)C. The van der Waals surface area contributed by atoms with Crippen molar-refractivity contribution in [3.8, 4) is 0 Å². The predicted molar refractivity (Wildman–Crippen MR) is 194 cm³/mol. The summed E-state index contributed by atoms with van der Waals surface area (Å²) in [7, 11) is -5.71. The van der Waals surface area contributed by atoms with Crippen molar-refractivity contribution in [2.24, 2.45) is 11.8 Å². The van der Waals surface area contributed by atoms with Crippen LogP contribution in [0.2, 0.25) is 61.9 Å². The van der Waals surface area contributed by atoms with Crippen LogP contribution in [0.5, 0.6) is 0 Å². The van der Waals surface area contributed by atoms with Crippen LogP contribution in [0.25, 0.3) is 0 Å². The molecule has 1 saturated heterocycles. The number of rotatable bonds is 14. The number of carbonyl (C=O) groups excluding carboxylic acids is 2. The van der Waals surface area contributed by atoms with E-state index in [1.54, 1.807) is 0 Å². The largest absolute Gasteiger partial charge is 0.464 e. The highest BCUT2D eigenvalue weighted by atomic mass is 28.4. The highest BCUT2D eigenvalue weighted by molar-refractivity contribution is 6.76. The normalized spacial score (nSPS) is 22.7. The lowest BCUT2D eigenvalue weighted by molar-refractivity contribution is -0.168. The number of nitrogens with zero attached hydrogens (tertiary/aromatic N) is 1. The molecule has 45 heavy (non-hydrogen) atoms. The average Bonchev–Trinajstić information content (AvgIpc) is 3.46. The molecule has 0 aromatic heterocycles. The summed E-state index contributed by atoms with van der Waals surface area (Å²) in [5.41, 5.74) is 0.332. The van der Waals surface area contributed by atoms with Crippen LogP contribution in [0.4, 0.5) is 0 Å². The molecule has 5 atom stereocenters. The minimum Gasteiger partial charge on any atom is -0.464 e. The molecule has 2 heterocycles. The van der Waals surface area contributed by atoms with Gasteiger partial charge in [0, 0.05) is 32.7 Å². The maximum atomic E-state index is 13.9. The molecule has 0 unspecified atom stereocenters. The summed E-state index contributed by atoms with van der Waals surface area (Å²) in [6, 6.07) is 0.919. The van der Waals surface area contributed by atoms with Crippen molar-refractivity contribution in [2.75, 3.05) is 26.3 Å². The molecular weight excluding hydrogens is 615 g/mol. The lowest BCUT2D eigenvalue weighted by Crippen LogP contribution is -2.57. The molecule has 0 radical (unpaired) electrons. The Morgan fingerprint density at radius 2 is 1.51 bits per heavy atom. The van der Waals surface area contributed by atoms with E-state index in [0.717, 1.165) is 25.6 Å². The van der Waals surface area contributed by atoms with Crippen LogP contribution in [0.3, 0.4) is 0 Å². The minimum atomic E-state index is -2.39. The molecule has 0 bridgehead atoms. The first-order valence-electron chi connectivity index (χ1n) is 17.0. The predicted octanol–water partition coefficient (Wildman–Crippen LogP) is 8.42. The molecule has 0 aromatic rings.